The molecule has 3 rings (SSSR count). The maximum atomic E-state index is 6.29. The summed E-state index contributed by atoms with van der Waals surface area (Å²) in [6, 6.07) is 6.92. The van der Waals surface area contributed by atoms with E-state index in [1.54, 1.807) is 4.90 Å². The van der Waals surface area contributed by atoms with E-state index < -0.39 is 0 Å². The lowest BCUT2D eigenvalue weighted by molar-refractivity contribution is -0.930. The number of thiocarbonyl (C=S) groups is 1. The third-order valence-electron chi connectivity index (χ3n) is 5.24. The number of halogens is 1. The minimum atomic E-state index is 0.735. The molecule has 1 saturated heterocycles. The average Bonchev–Trinajstić information content (AvgIpc) is 2.58. The number of piperazine rings is 1. The van der Waals surface area contributed by atoms with Gasteiger partial charge in [-0.2, -0.15) is 0 Å². The zero-order chi connectivity index (χ0) is 16.2. The number of nitrogens with one attached hydrogen (secondary N) is 2. The lowest BCUT2D eigenvalue weighted by Gasteiger charge is -2.38. The van der Waals surface area contributed by atoms with Gasteiger partial charge in [0.1, 0.15) is 0 Å². The molecule has 1 aliphatic carbocycles. The van der Waals surface area contributed by atoms with Crippen LogP contribution in [0, 0.1) is 6.92 Å². The fourth-order valence-corrected chi connectivity index (χ4v) is 4.41. The van der Waals surface area contributed by atoms with E-state index in [9.17, 15) is 0 Å². The van der Waals surface area contributed by atoms with E-state index in [0.717, 1.165) is 40.5 Å². The summed E-state index contributed by atoms with van der Waals surface area (Å²) in [6.07, 6.45) is 7.10. The van der Waals surface area contributed by atoms with Crippen LogP contribution < -0.4 is 10.2 Å². The van der Waals surface area contributed by atoms with Crippen molar-refractivity contribution in [3.05, 3.63) is 28.8 Å². The van der Waals surface area contributed by atoms with Crippen LogP contribution in [-0.4, -0.2) is 42.2 Å². The Bertz CT molecular complexity index is 549. The van der Waals surface area contributed by atoms with E-state index in [2.05, 4.69) is 16.3 Å². The molecule has 1 saturated carbocycles. The molecule has 0 amide bonds. The largest absolute Gasteiger partial charge is 0.338 e. The lowest BCUT2D eigenvalue weighted by Crippen LogP contribution is -3.18. The van der Waals surface area contributed by atoms with Gasteiger partial charge in [-0.25, -0.2) is 0 Å². The molecule has 1 heterocycles. The predicted octanol–water partition coefficient (Wildman–Crippen LogP) is 2.88. The maximum Gasteiger partial charge on any atom is 0.173 e. The average molecular weight is 353 g/mol. The van der Waals surface area contributed by atoms with E-state index in [-0.39, 0.29) is 0 Å². The van der Waals surface area contributed by atoms with E-state index in [0.29, 0.717) is 0 Å². The second kappa shape index (κ2) is 7.82. The van der Waals surface area contributed by atoms with E-state index in [4.69, 9.17) is 23.8 Å². The Morgan fingerprint density at radius 3 is 2.57 bits per heavy atom. The number of hydrogen-bond acceptors (Lipinski definition) is 1. The second-order valence-electron chi connectivity index (χ2n) is 6.89. The molecule has 0 radical (unpaired) electrons. The fourth-order valence-electron chi connectivity index (χ4n) is 3.83. The van der Waals surface area contributed by atoms with Crippen molar-refractivity contribution in [3.8, 4) is 0 Å². The Labute approximate surface area is 150 Å². The number of aryl methyl sites for hydroxylation is 1. The number of nitrogens with zero attached hydrogens (tertiary/aromatic N) is 1. The summed E-state index contributed by atoms with van der Waals surface area (Å²) >= 11 is 11.9. The first kappa shape index (κ1) is 17.0. The molecule has 2 fully saturated rings. The van der Waals surface area contributed by atoms with Crippen molar-refractivity contribution in [2.75, 3.05) is 31.5 Å². The molecular formula is C18H27ClN3S+. The Morgan fingerprint density at radius 2 is 1.91 bits per heavy atom. The summed E-state index contributed by atoms with van der Waals surface area (Å²) in [6.45, 7) is 6.53. The van der Waals surface area contributed by atoms with Gasteiger partial charge < -0.3 is 15.1 Å². The van der Waals surface area contributed by atoms with Gasteiger partial charge in [0.2, 0.25) is 0 Å². The predicted molar refractivity (Wildman–Crippen MR) is 102 cm³/mol. The molecule has 0 atom stereocenters. The van der Waals surface area contributed by atoms with Crippen molar-refractivity contribution in [1.82, 2.24) is 4.90 Å². The highest BCUT2D eigenvalue weighted by Gasteiger charge is 2.29. The summed E-state index contributed by atoms with van der Waals surface area (Å²) < 4.78 is 0. The number of benzene rings is 1. The van der Waals surface area contributed by atoms with Crippen LogP contribution >= 0.6 is 23.8 Å². The number of rotatable bonds is 2. The Kier molecular flexibility index (Phi) is 5.78. The third-order valence-corrected chi connectivity index (χ3v) is 5.91. The first-order chi connectivity index (χ1) is 11.1. The highest BCUT2D eigenvalue weighted by molar-refractivity contribution is 7.80. The lowest BCUT2D eigenvalue weighted by atomic mass is 9.94. The number of anilines is 1. The second-order valence-corrected chi connectivity index (χ2v) is 7.69. The minimum Gasteiger partial charge on any atom is -0.338 e. The molecule has 23 heavy (non-hydrogen) atoms. The summed E-state index contributed by atoms with van der Waals surface area (Å²) in [5.74, 6) is 0. The van der Waals surface area contributed by atoms with Crippen LogP contribution in [-0.2, 0) is 0 Å². The molecule has 2 N–H and O–H groups in total. The molecule has 1 aromatic carbocycles. The van der Waals surface area contributed by atoms with Crippen LogP contribution in [0.4, 0.5) is 5.69 Å². The van der Waals surface area contributed by atoms with Crippen molar-refractivity contribution in [1.29, 1.82) is 0 Å². The first-order valence-corrected chi connectivity index (χ1v) is 9.59. The fraction of sp³-hybridized carbons (Fsp3) is 0.611. The quantitative estimate of drug-likeness (QED) is 0.798. The molecule has 0 unspecified atom stereocenters. The van der Waals surface area contributed by atoms with Crippen molar-refractivity contribution in [3.63, 3.8) is 0 Å². The molecule has 0 aromatic heterocycles. The van der Waals surface area contributed by atoms with Gasteiger partial charge in [-0.3, -0.25) is 0 Å². The molecule has 2 aliphatic rings. The van der Waals surface area contributed by atoms with Crippen molar-refractivity contribution in [2.24, 2.45) is 0 Å². The van der Waals surface area contributed by atoms with E-state index in [1.165, 1.54) is 45.2 Å². The van der Waals surface area contributed by atoms with E-state index in [1.807, 2.05) is 19.1 Å². The molecule has 0 spiro atoms. The monoisotopic (exact) mass is 352 g/mol. The normalized spacial score (nSPS) is 20.5. The van der Waals surface area contributed by atoms with Crippen molar-refractivity contribution in [2.45, 2.75) is 45.1 Å². The van der Waals surface area contributed by atoms with Crippen LogP contribution in [0.3, 0.4) is 0 Å². The maximum absolute atomic E-state index is 6.29. The van der Waals surface area contributed by atoms with Gasteiger partial charge in [0.25, 0.3) is 0 Å². The molecule has 1 aromatic rings. The zero-order valence-electron chi connectivity index (χ0n) is 13.9. The van der Waals surface area contributed by atoms with Crippen LogP contribution in [0.25, 0.3) is 0 Å². The highest BCUT2D eigenvalue weighted by atomic mass is 35.5. The highest BCUT2D eigenvalue weighted by Crippen LogP contribution is 2.23. The summed E-state index contributed by atoms with van der Waals surface area (Å²) in [4.78, 5) is 4.08. The van der Waals surface area contributed by atoms with Crippen LogP contribution in [0.1, 0.15) is 37.7 Å². The summed E-state index contributed by atoms with van der Waals surface area (Å²) in [7, 11) is 0. The van der Waals surface area contributed by atoms with E-state index >= 15 is 0 Å². The molecule has 3 nitrogen and oxygen atoms in total. The van der Waals surface area contributed by atoms with Crippen LogP contribution in [0.5, 0.6) is 0 Å². The van der Waals surface area contributed by atoms with Gasteiger partial charge >= 0.3 is 0 Å². The molecular weight excluding hydrogens is 326 g/mol. The smallest absolute Gasteiger partial charge is 0.173 e. The minimum absolute atomic E-state index is 0.735. The Balaban J connectivity index is 1.51. The topological polar surface area (TPSA) is 19.7 Å². The standard InChI is InChI=1S/C18H26ClN3S/c1-14-7-8-17(16(19)13-14)20-18(23)22-11-9-21(10-12-22)15-5-3-2-4-6-15/h7-8,13,15H,2-6,9-12H2,1H3,(H,20,23)/p+1. The van der Waals surface area contributed by atoms with Gasteiger partial charge in [0.05, 0.1) is 42.9 Å². The zero-order valence-corrected chi connectivity index (χ0v) is 15.5. The third kappa shape index (κ3) is 4.37. The number of hydrogen-bond donors (Lipinski definition) is 2. The van der Waals surface area contributed by atoms with Crippen molar-refractivity contribution < 1.29 is 4.90 Å². The van der Waals surface area contributed by atoms with Gasteiger partial charge in [-0.1, -0.05) is 24.1 Å². The summed E-state index contributed by atoms with van der Waals surface area (Å²) in [5, 5.41) is 4.86. The Hall–Kier alpha value is -0.840. The summed E-state index contributed by atoms with van der Waals surface area (Å²) in [5.41, 5.74) is 2.07. The molecule has 0 bridgehead atoms. The van der Waals surface area contributed by atoms with Gasteiger partial charge in [-0.15, -0.1) is 0 Å². The van der Waals surface area contributed by atoms with Crippen LogP contribution in [0.15, 0.2) is 18.2 Å². The molecule has 1 aliphatic heterocycles. The molecule has 126 valence electrons. The van der Waals surface area contributed by atoms with Gasteiger partial charge in [0, 0.05) is 0 Å². The molecule has 5 heteroatoms. The van der Waals surface area contributed by atoms with Gasteiger partial charge in [0.15, 0.2) is 5.11 Å². The SMILES string of the molecule is Cc1ccc(NC(=S)N2CC[NH+](C3CCCCC3)CC2)c(Cl)c1. The number of quaternary nitrogens is 1. The Morgan fingerprint density at radius 1 is 1.22 bits per heavy atom. The first-order valence-electron chi connectivity index (χ1n) is 8.80. The van der Waals surface area contributed by atoms with Crippen molar-refractivity contribution >= 4 is 34.6 Å². The van der Waals surface area contributed by atoms with Crippen LogP contribution in [0.2, 0.25) is 5.02 Å². The van der Waals surface area contributed by atoms with Gasteiger partial charge in [-0.05, 0) is 62.5 Å².